The number of nitrogens with zero attached hydrogens (tertiary/aromatic N) is 3. The van der Waals surface area contributed by atoms with Crippen molar-refractivity contribution in [2.24, 2.45) is 7.05 Å². The number of Topliss-reactive ketones (excluding diaryl/α,β-unsaturated/α-hetero) is 1. The molecular weight excluding hydrogens is 242 g/mol. The summed E-state index contributed by atoms with van der Waals surface area (Å²) in [6.07, 6.45) is 3.70. The number of ketones is 1. The minimum absolute atomic E-state index is 0.124. The summed E-state index contributed by atoms with van der Waals surface area (Å²) in [6, 6.07) is 1.83. The van der Waals surface area contributed by atoms with E-state index in [0.717, 1.165) is 15.7 Å². The molecule has 0 bridgehead atoms. The first-order valence-electron chi connectivity index (χ1n) is 4.73. The van der Waals surface area contributed by atoms with Crippen molar-refractivity contribution in [1.82, 2.24) is 13.9 Å². The Bertz CT molecular complexity index is 504. The maximum Gasteiger partial charge on any atom is 0.174 e. The van der Waals surface area contributed by atoms with Crippen LogP contribution in [0.3, 0.4) is 0 Å². The molecule has 0 aliphatic rings. The monoisotopic (exact) mass is 253 g/mol. The van der Waals surface area contributed by atoms with Crippen molar-refractivity contribution >= 4 is 29.1 Å². The maximum absolute atomic E-state index is 11.8. The number of hydrogen-bond acceptors (Lipinski definition) is 5. The predicted molar refractivity (Wildman–Crippen MR) is 65.1 cm³/mol. The van der Waals surface area contributed by atoms with Gasteiger partial charge in [0.1, 0.15) is 5.82 Å². The third-order valence-corrected chi connectivity index (χ3v) is 3.91. The molecule has 0 aromatic carbocycles. The van der Waals surface area contributed by atoms with Crippen molar-refractivity contribution in [2.45, 2.75) is 11.3 Å². The van der Waals surface area contributed by atoms with E-state index in [4.69, 9.17) is 0 Å². The molecule has 0 spiro atoms. The van der Waals surface area contributed by atoms with Crippen LogP contribution in [0.5, 0.6) is 0 Å². The average molecular weight is 253 g/mol. The maximum atomic E-state index is 11.8. The Kier molecular flexibility index (Phi) is 3.40. The minimum atomic E-state index is 0.124. The molecule has 0 N–H and O–H groups in total. The van der Waals surface area contributed by atoms with Gasteiger partial charge in [-0.25, -0.2) is 4.98 Å². The van der Waals surface area contributed by atoms with E-state index >= 15 is 0 Å². The second kappa shape index (κ2) is 4.80. The number of aromatic nitrogens is 3. The lowest BCUT2D eigenvalue weighted by Gasteiger charge is -1.94. The summed E-state index contributed by atoms with van der Waals surface area (Å²) in [5.41, 5.74) is 0.747. The summed E-state index contributed by atoms with van der Waals surface area (Å²) in [7, 11) is 1.90. The molecule has 2 heterocycles. The highest BCUT2D eigenvalue weighted by atomic mass is 32.2. The van der Waals surface area contributed by atoms with E-state index in [1.807, 2.05) is 37.0 Å². The first-order valence-corrected chi connectivity index (χ1v) is 6.49. The lowest BCUT2D eigenvalue weighted by Crippen LogP contribution is -2.00. The molecule has 0 atom stereocenters. The highest BCUT2D eigenvalue weighted by molar-refractivity contribution is 8.01. The van der Waals surface area contributed by atoms with Crippen molar-refractivity contribution < 1.29 is 4.79 Å². The van der Waals surface area contributed by atoms with E-state index in [9.17, 15) is 4.79 Å². The van der Waals surface area contributed by atoms with Crippen molar-refractivity contribution in [3.63, 3.8) is 0 Å². The summed E-state index contributed by atoms with van der Waals surface area (Å²) in [5.74, 6) is 1.30. The molecule has 0 amide bonds. The summed E-state index contributed by atoms with van der Waals surface area (Å²) >= 11 is 2.78. The Morgan fingerprint density at radius 2 is 2.44 bits per heavy atom. The molecule has 2 aromatic heterocycles. The number of thioether (sulfide) groups is 1. The van der Waals surface area contributed by atoms with Crippen molar-refractivity contribution in [3.8, 4) is 0 Å². The Morgan fingerprint density at radius 1 is 1.62 bits per heavy atom. The van der Waals surface area contributed by atoms with E-state index in [1.54, 1.807) is 0 Å². The Morgan fingerprint density at radius 3 is 3.00 bits per heavy atom. The smallest absolute Gasteiger partial charge is 0.174 e. The summed E-state index contributed by atoms with van der Waals surface area (Å²) < 4.78 is 6.78. The molecule has 0 saturated carbocycles. The predicted octanol–water partition coefficient (Wildman–Crippen LogP) is 2.16. The fourth-order valence-electron chi connectivity index (χ4n) is 1.22. The average Bonchev–Trinajstić information content (AvgIpc) is 2.84. The summed E-state index contributed by atoms with van der Waals surface area (Å²) in [5, 5.41) is 0. The molecule has 4 nitrogen and oxygen atoms in total. The summed E-state index contributed by atoms with van der Waals surface area (Å²) in [6.45, 7) is 1.85. The molecule has 0 unspecified atom stereocenters. The molecule has 6 heteroatoms. The number of carbonyl (C=O) groups is 1. The SMILES string of the molecule is Cc1nsc(SCC(=O)c2ccn(C)c2)n1. The molecule has 2 aromatic rings. The van der Waals surface area contributed by atoms with Crippen molar-refractivity contribution in [1.29, 1.82) is 0 Å². The van der Waals surface area contributed by atoms with Crippen LogP contribution in [0.25, 0.3) is 0 Å². The normalized spacial score (nSPS) is 10.6. The Labute approximate surface area is 102 Å². The lowest BCUT2D eigenvalue weighted by molar-refractivity contribution is 0.102. The largest absolute Gasteiger partial charge is 0.357 e. The first-order chi connectivity index (χ1) is 7.65. The topological polar surface area (TPSA) is 47.8 Å². The van der Waals surface area contributed by atoms with Crippen LogP contribution in [0.4, 0.5) is 0 Å². The Balaban J connectivity index is 1.93. The first kappa shape index (κ1) is 11.3. The zero-order valence-electron chi connectivity index (χ0n) is 9.01. The van der Waals surface area contributed by atoms with Crippen LogP contribution in [0.1, 0.15) is 16.2 Å². The Hall–Kier alpha value is -1.14. The van der Waals surface area contributed by atoms with Crippen LogP contribution in [-0.2, 0) is 7.05 Å². The third kappa shape index (κ3) is 2.70. The standard InChI is InChI=1S/C10H11N3OS2/c1-7-11-10(16-12-7)15-6-9(14)8-3-4-13(2)5-8/h3-5H,6H2,1-2H3. The van der Waals surface area contributed by atoms with Gasteiger partial charge in [-0.2, -0.15) is 4.37 Å². The van der Waals surface area contributed by atoms with E-state index in [0.29, 0.717) is 5.75 Å². The molecule has 0 fully saturated rings. The van der Waals surface area contributed by atoms with E-state index < -0.39 is 0 Å². The summed E-state index contributed by atoms with van der Waals surface area (Å²) in [4.78, 5) is 16.0. The number of carbonyl (C=O) groups excluding carboxylic acids is 1. The van der Waals surface area contributed by atoms with Crippen LogP contribution in [-0.4, -0.2) is 25.5 Å². The van der Waals surface area contributed by atoms with Crippen LogP contribution in [0.2, 0.25) is 0 Å². The minimum Gasteiger partial charge on any atom is -0.357 e. The van der Waals surface area contributed by atoms with Gasteiger partial charge in [-0.3, -0.25) is 4.79 Å². The van der Waals surface area contributed by atoms with Gasteiger partial charge >= 0.3 is 0 Å². The molecule has 16 heavy (non-hydrogen) atoms. The van der Waals surface area contributed by atoms with Gasteiger partial charge in [0.05, 0.1) is 5.75 Å². The molecule has 2 rings (SSSR count). The van der Waals surface area contributed by atoms with E-state index in [-0.39, 0.29) is 5.78 Å². The molecule has 0 aliphatic carbocycles. The van der Waals surface area contributed by atoms with Gasteiger partial charge in [-0.1, -0.05) is 11.8 Å². The van der Waals surface area contributed by atoms with Gasteiger partial charge in [0.25, 0.3) is 0 Å². The molecular formula is C10H11N3OS2. The van der Waals surface area contributed by atoms with Crippen LogP contribution >= 0.6 is 23.3 Å². The van der Waals surface area contributed by atoms with Crippen LogP contribution < -0.4 is 0 Å². The molecule has 0 saturated heterocycles. The quantitative estimate of drug-likeness (QED) is 0.619. The van der Waals surface area contributed by atoms with Gasteiger partial charge in [-0.15, -0.1) is 0 Å². The highest BCUT2D eigenvalue weighted by Crippen LogP contribution is 2.20. The third-order valence-electron chi connectivity index (χ3n) is 1.99. The molecule has 0 radical (unpaired) electrons. The fourth-order valence-corrected chi connectivity index (χ4v) is 2.76. The highest BCUT2D eigenvalue weighted by Gasteiger charge is 2.09. The molecule has 0 aliphatic heterocycles. The van der Waals surface area contributed by atoms with Crippen LogP contribution in [0.15, 0.2) is 22.8 Å². The van der Waals surface area contributed by atoms with Crippen molar-refractivity contribution in [3.05, 3.63) is 29.8 Å². The van der Waals surface area contributed by atoms with Crippen molar-refractivity contribution in [2.75, 3.05) is 5.75 Å². The number of rotatable bonds is 4. The number of aryl methyl sites for hydroxylation is 2. The van der Waals surface area contributed by atoms with Gasteiger partial charge in [0.15, 0.2) is 10.1 Å². The fraction of sp³-hybridized carbons (Fsp3) is 0.300. The van der Waals surface area contributed by atoms with Crippen LogP contribution in [0, 0.1) is 6.92 Å². The number of hydrogen-bond donors (Lipinski definition) is 0. The molecule has 84 valence electrons. The van der Waals surface area contributed by atoms with E-state index in [2.05, 4.69) is 9.36 Å². The van der Waals surface area contributed by atoms with Gasteiger partial charge < -0.3 is 4.57 Å². The van der Waals surface area contributed by atoms with Gasteiger partial charge in [0, 0.05) is 25.0 Å². The lowest BCUT2D eigenvalue weighted by atomic mass is 10.2. The second-order valence-electron chi connectivity index (χ2n) is 3.38. The zero-order valence-corrected chi connectivity index (χ0v) is 10.6. The van der Waals surface area contributed by atoms with E-state index in [1.165, 1.54) is 23.3 Å². The second-order valence-corrected chi connectivity index (χ2v) is 5.36. The zero-order chi connectivity index (χ0) is 11.5. The van der Waals surface area contributed by atoms with Gasteiger partial charge in [0.2, 0.25) is 0 Å². The van der Waals surface area contributed by atoms with Gasteiger partial charge in [-0.05, 0) is 24.5 Å².